The first kappa shape index (κ1) is 21.7. The molecular formula is C24H38N4O2. The lowest BCUT2D eigenvalue weighted by Gasteiger charge is -2.54. The molecule has 3 heterocycles. The van der Waals surface area contributed by atoms with Crippen LogP contribution < -0.4 is 0 Å². The molecule has 0 N–H and O–H groups in total. The number of carbonyl (C=O) groups is 1. The predicted octanol–water partition coefficient (Wildman–Crippen LogP) is 2.30. The third-order valence-electron chi connectivity index (χ3n) is 7.77. The van der Waals surface area contributed by atoms with Gasteiger partial charge in [-0.25, -0.2) is 0 Å². The van der Waals surface area contributed by atoms with E-state index < -0.39 is 0 Å². The molecule has 0 aromatic carbocycles. The van der Waals surface area contributed by atoms with Gasteiger partial charge in [-0.1, -0.05) is 13.0 Å². The highest BCUT2D eigenvalue weighted by Gasteiger charge is 2.53. The standard InChI is InChI=1S/C24H38N4O2/c1-3-27-13-8-20-18-22(28-14-16-30-17-15-28)7-10-24(20,19-27)23(29)26(2)12-9-21-6-4-5-11-25-21/h4-6,11,20,22H,3,7-10,12-19H2,1-2H3/t20-,22+,24-/m1/s1. The second-order valence-corrected chi connectivity index (χ2v) is 9.38. The number of carbonyl (C=O) groups excluding carboxylic acids is 1. The van der Waals surface area contributed by atoms with Gasteiger partial charge in [-0.3, -0.25) is 14.7 Å². The number of likely N-dealkylation sites (tertiary alicyclic amines) is 1. The summed E-state index contributed by atoms with van der Waals surface area (Å²) in [5.74, 6) is 0.855. The molecule has 0 spiro atoms. The quantitative estimate of drug-likeness (QED) is 0.715. The number of fused-ring (bicyclic) bond motifs is 1. The lowest BCUT2D eigenvalue weighted by Crippen LogP contribution is -2.61. The number of piperidine rings is 1. The fourth-order valence-electron chi connectivity index (χ4n) is 5.92. The Hall–Kier alpha value is -1.50. The van der Waals surface area contributed by atoms with Crippen LogP contribution in [0.25, 0.3) is 0 Å². The summed E-state index contributed by atoms with van der Waals surface area (Å²) >= 11 is 0. The molecule has 1 aromatic heterocycles. The van der Waals surface area contributed by atoms with E-state index in [0.717, 1.165) is 90.3 Å². The summed E-state index contributed by atoms with van der Waals surface area (Å²) in [6, 6.07) is 6.63. The Bertz CT molecular complexity index is 694. The Balaban J connectivity index is 1.46. The minimum Gasteiger partial charge on any atom is -0.379 e. The van der Waals surface area contributed by atoms with Crippen molar-refractivity contribution in [2.75, 3.05) is 59.5 Å². The van der Waals surface area contributed by atoms with Gasteiger partial charge in [0, 0.05) is 57.6 Å². The number of amides is 1. The maximum absolute atomic E-state index is 13.9. The van der Waals surface area contributed by atoms with Gasteiger partial charge in [-0.2, -0.15) is 0 Å². The molecule has 30 heavy (non-hydrogen) atoms. The van der Waals surface area contributed by atoms with Crippen LogP contribution in [-0.4, -0.2) is 91.2 Å². The molecule has 0 unspecified atom stereocenters. The van der Waals surface area contributed by atoms with E-state index in [2.05, 4.69) is 21.7 Å². The molecule has 3 aliphatic rings. The zero-order valence-corrected chi connectivity index (χ0v) is 18.8. The van der Waals surface area contributed by atoms with Crippen molar-refractivity contribution in [1.29, 1.82) is 0 Å². The molecule has 1 saturated carbocycles. The third kappa shape index (κ3) is 4.56. The molecule has 0 bridgehead atoms. The van der Waals surface area contributed by atoms with Crippen molar-refractivity contribution >= 4 is 5.91 Å². The first-order chi connectivity index (χ1) is 14.6. The molecule has 6 heteroatoms. The first-order valence-electron chi connectivity index (χ1n) is 11.8. The fourth-order valence-corrected chi connectivity index (χ4v) is 5.92. The number of nitrogens with zero attached hydrogens (tertiary/aromatic N) is 4. The maximum atomic E-state index is 13.9. The molecule has 6 nitrogen and oxygen atoms in total. The minimum absolute atomic E-state index is 0.212. The lowest BCUT2D eigenvalue weighted by atomic mass is 9.60. The van der Waals surface area contributed by atoms with Crippen LogP contribution in [-0.2, 0) is 16.0 Å². The van der Waals surface area contributed by atoms with Crippen molar-refractivity contribution in [2.24, 2.45) is 11.3 Å². The summed E-state index contributed by atoms with van der Waals surface area (Å²) in [5, 5.41) is 0. The predicted molar refractivity (Wildman–Crippen MR) is 118 cm³/mol. The van der Waals surface area contributed by atoms with Crippen molar-refractivity contribution in [3.8, 4) is 0 Å². The summed E-state index contributed by atoms with van der Waals surface area (Å²) in [6.45, 7) is 9.85. The zero-order chi connectivity index (χ0) is 21.0. The van der Waals surface area contributed by atoms with Gasteiger partial charge in [0.1, 0.15) is 0 Å². The number of rotatable bonds is 6. The van der Waals surface area contributed by atoms with E-state index in [-0.39, 0.29) is 5.41 Å². The van der Waals surface area contributed by atoms with E-state index in [1.165, 1.54) is 0 Å². The van der Waals surface area contributed by atoms with Gasteiger partial charge in [-0.15, -0.1) is 0 Å². The SMILES string of the molecule is CCN1CC[C@@H]2C[C@@H](N3CCOCC3)CC[C@@]2(C(=O)N(C)CCc2ccccn2)C1. The Kier molecular flexibility index (Phi) is 7.06. The Labute approximate surface area is 181 Å². The smallest absolute Gasteiger partial charge is 0.230 e. The van der Waals surface area contributed by atoms with Crippen molar-refractivity contribution in [2.45, 2.75) is 45.1 Å². The van der Waals surface area contributed by atoms with Crippen LogP contribution in [0.5, 0.6) is 0 Å². The second-order valence-electron chi connectivity index (χ2n) is 9.38. The minimum atomic E-state index is -0.212. The van der Waals surface area contributed by atoms with Crippen LogP contribution in [0.15, 0.2) is 24.4 Å². The van der Waals surface area contributed by atoms with Crippen molar-refractivity contribution in [3.63, 3.8) is 0 Å². The summed E-state index contributed by atoms with van der Waals surface area (Å²) < 4.78 is 5.56. The van der Waals surface area contributed by atoms with Gasteiger partial charge < -0.3 is 14.5 Å². The summed E-state index contributed by atoms with van der Waals surface area (Å²) in [6.07, 6.45) is 7.11. The van der Waals surface area contributed by atoms with E-state index in [4.69, 9.17) is 4.74 Å². The van der Waals surface area contributed by atoms with Gasteiger partial charge >= 0.3 is 0 Å². The van der Waals surface area contributed by atoms with E-state index in [1.54, 1.807) is 0 Å². The third-order valence-corrected chi connectivity index (χ3v) is 7.77. The molecule has 1 amide bonds. The van der Waals surface area contributed by atoms with Crippen molar-refractivity contribution < 1.29 is 9.53 Å². The van der Waals surface area contributed by atoms with Crippen LogP contribution in [0.1, 0.15) is 38.3 Å². The Morgan fingerprint density at radius 1 is 1.27 bits per heavy atom. The summed E-state index contributed by atoms with van der Waals surface area (Å²) in [5.41, 5.74) is 0.844. The zero-order valence-electron chi connectivity index (χ0n) is 18.8. The number of ether oxygens (including phenoxy) is 1. The summed E-state index contributed by atoms with van der Waals surface area (Å²) in [7, 11) is 2.00. The fraction of sp³-hybridized carbons (Fsp3) is 0.750. The number of likely N-dealkylation sites (N-methyl/N-ethyl adjacent to an activating group) is 1. The first-order valence-corrected chi connectivity index (χ1v) is 11.8. The van der Waals surface area contributed by atoms with Crippen LogP contribution >= 0.6 is 0 Å². The normalized spacial score (nSPS) is 30.6. The van der Waals surface area contributed by atoms with E-state index >= 15 is 0 Å². The van der Waals surface area contributed by atoms with E-state index in [0.29, 0.717) is 17.9 Å². The second kappa shape index (κ2) is 9.75. The highest BCUT2D eigenvalue weighted by Crippen LogP contribution is 2.48. The molecule has 1 aliphatic carbocycles. The molecule has 166 valence electrons. The highest BCUT2D eigenvalue weighted by atomic mass is 16.5. The maximum Gasteiger partial charge on any atom is 0.230 e. The van der Waals surface area contributed by atoms with Crippen LogP contribution in [0.3, 0.4) is 0 Å². The Morgan fingerprint density at radius 3 is 2.83 bits per heavy atom. The highest BCUT2D eigenvalue weighted by molar-refractivity contribution is 5.83. The number of hydrogen-bond acceptors (Lipinski definition) is 5. The average Bonchev–Trinajstić information content (AvgIpc) is 2.82. The monoisotopic (exact) mass is 414 g/mol. The van der Waals surface area contributed by atoms with Gasteiger partial charge in [0.05, 0.1) is 18.6 Å². The topological polar surface area (TPSA) is 48.9 Å². The van der Waals surface area contributed by atoms with E-state index in [9.17, 15) is 4.79 Å². The number of pyridine rings is 1. The van der Waals surface area contributed by atoms with Crippen LogP contribution in [0.4, 0.5) is 0 Å². The molecular weight excluding hydrogens is 376 g/mol. The molecule has 4 rings (SSSR count). The molecule has 2 saturated heterocycles. The lowest BCUT2D eigenvalue weighted by molar-refractivity contribution is -0.155. The van der Waals surface area contributed by atoms with Gasteiger partial charge in [0.25, 0.3) is 0 Å². The van der Waals surface area contributed by atoms with E-state index in [1.807, 2.05) is 36.3 Å². The van der Waals surface area contributed by atoms with Gasteiger partial charge in [0.2, 0.25) is 5.91 Å². The molecule has 0 radical (unpaired) electrons. The molecule has 3 fully saturated rings. The van der Waals surface area contributed by atoms with Crippen molar-refractivity contribution in [3.05, 3.63) is 30.1 Å². The molecule has 1 aromatic rings. The largest absolute Gasteiger partial charge is 0.379 e. The van der Waals surface area contributed by atoms with Gasteiger partial charge in [-0.05, 0) is 56.8 Å². The molecule has 3 atom stereocenters. The van der Waals surface area contributed by atoms with Gasteiger partial charge in [0.15, 0.2) is 0 Å². The number of hydrogen-bond donors (Lipinski definition) is 0. The average molecular weight is 415 g/mol. The Morgan fingerprint density at radius 2 is 2.10 bits per heavy atom. The van der Waals surface area contributed by atoms with Crippen molar-refractivity contribution in [1.82, 2.24) is 19.7 Å². The van der Waals surface area contributed by atoms with Crippen LogP contribution in [0.2, 0.25) is 0 Å². The van der Waals surface area contributed by atoms with Crippen LogP contribution in [0, 0.1) is 11.3 Å². The number of morpholine rings is 1. The summed E-state index contributed by atoms with van der Waals surface area (Å²) in [4.78, 5) is 25.4. The number of aromatic nitrogens is 1. The molecule has 2 aliphatic heterocycles.